The smallest absolute Gasteiger partial charge is 0.548 e. The Kier molecular flexibility index (Phi) is 9.00. The first kappa shape index (κ1) is 24.0. The number of carbonyl (C=O) groups excluding carboxylic acids is 2. The zero-order valence-corrected chi connectivity index (χ0v) is 20.0. The molecule has 1 heterocycles. The molecule has 0 saturated carbocycles. The molecule has 9 nitrogen and oxygen atoms in total. The summed E-state index contributed by atoms with van der Waals surface area (Å²) < 4.78 is 10.1. The van der Waals surface area contributed by atoms with Crippen LogP contribution in [-0.4, -0.2) is 35.3 Å². The average Bonchev–Trinajstić information content (AvgIpc) is 3.14. The SMILES string of the molecule is COc1cccc(CC(NC(=O)Nc2cccc(-c3noc(C)n3)c2)C(=O)[O-])c1.[K+]. The molecule has 1 unspecified atom stereocenters. The Labute approximate surface area is 215 Å². The molecule has 2 N–H and O–H groups in total. The third kappa shape index (κ3) is 6.64. The van der Waals surface area contributed by atoms with Crippen LogP contribution in [0.1, 0.15) is 11.5 Å². The number of aromatic nitrogens is 2. The van der Waals surface area contributed by atoms with Crippen LogP contribution < -0.4 is 71.9 Å². The summed E-state index contributed by atoms with van der Waals surface area (Å²) in [4.78, 5) is 27.9. The summed E-state index contributed by atoms with van der Waals surface area (Å²) in [6.45, 7) is 1.68. The van der Waals surface area contributed by atoms with E-state index in [-0.39, 0.29) is 57.8 Å². The average molecular weight is 434 g/mol. The van der Waals surface area contributed by atoms with Gasteiger partial charge in [0, 0.05) is 18.2 Å². The summed E-state index contributed by atoms with van der Waals surface area (Å²) in [5.74, 6) is 0.0132. The first-order valence-electron chi connectivity index (χ1n) is 8.76. The standard InChI is InChI=1S/C20H20N4O5.K/c1-12-21-18(24-29-12)14-6-4-7-15(11-14)22-20(27)23-17(19(25)26)10-13-5-3-8-16(9-13)28-2;/h3-9,11,17H,10H2,1-2H3,(H,25,26)(H2,22,23,27);/q;+1/p-1. The van der Waals surface area contributed by atoms with Crippen LogP contribution in [0.5, 0.6) is 5.75 Å². The molecule has 1 atom stereocenters. The molecule has 0 aliphatic carbocycles. The Morgan fingerprint density at radius 2 is 1.97 bits per heavy atom. The topological polar surface area (TPSA) is 129 Å². The Morgan fingerprint density at radius 3 is 2.63 bits per heavy atom. The molecule has 30 heavy (non-hydrogen) atoms. The van der Waals surface area contributed by atoms with E-state index in [1.54, 1.807) is 55.5 Å². The van der Waals surface area contributed by atoms with Crippen LogP contribution in [-0.2, 0) is 11.2 Å². The number of urea groups is 1. The van der Waals surface area contributed by atoms with Crippen molar-refractivity contribution in [2.24, 2.45) is 0 Å². The van der Waals surface area contributed by atoms with E-state index >= 15 is 0 Å². The second kappa shape index (κ2) is 11.2. The number of carboxylic acid groups (broad SMARTS) is 1. The van der Waals surface area contributed by atoms with Crippen molar-refractivity contribution >= 4 is 17.7 Å². The van der Waals surface area contributed by atoms with Gasteiger partial charge in [-0.3, -0.25) is 0 Å². The van der Waals surface area contributed by atoms with Crippen molar-refractivity contribution in [2.75, 3.05) is 12.4 Å². The molecule has 0 aliphatic rings. The summed E-state index contributed by atoms with van der Waals surface area (Å²) >= 11 is 0. The molecular formula is C20H19KN4O5. The largest absolute Gasteiger partial charge is 1.00 e. The van der Waals surface area contributed by atoms with E-state index < -0.39 is 18.0 Å². The first-order chi connectivity index (χ1) is 13.9. The number of carboxylic acids is 1. The van der Waals surface area contributed by atoms with E-state index in [0.717, 1.165) is 0 Å². The van der Waals surface area contributed by atoms with Gasteiger partial charge < -0.3 is 29.8 Å². The molecule has 0 radical (unpaired) electrons. The molecule has 2 amide bonds. The van der Waals surface area contributed by atoms with Gasteiger partial charge in [0.05, 0.1) is 19.1 Å². The van der Waals surface area contributed by atoms with Gasteiger partial charge in [0.15, 0.2) is 0 Å². The number of benzene rings is 2. The summed E-state index contributed by atoms with van der Waals surface area (Å²) in [6.07, 6.45) is 0.0507. The van der Waals surface area contributed by atoms with Crippen LogP contribution in [0.25, 0.3) is 11.4 Å². The number of nitrogens with zero attached hydrogens (tertiary/aromatic N) is 2. The summed E-state index contributed by atoms with van der Waals surface area (Å²) in [7, 11) is 1.52. The predicted molar refractivity (Wildman–Crippen MR) is 102 cm³/mol. The van der Waals surface area contributed by atoms with Crippen LogP contribution in [0, 0.1) is 6.92 Å². The molecule has 1 aromatic heterocycles. The number of aliphatic carboxylic acids is 1. The number of aryl methyl sites for hydroxylation is 1. The van der Waals surface area contributed by atoms with Crippen molar-refractivity contribution in [3.8, 4) is 17.1 Å². The number of hydrogen-bond acceptors (Lipinski definition) is 7. The molecule has 2 aromatic carbocycles. The number of methoxy groups -OCH3 is 1. The van der Waals surface area contributed by atoms with Crippen molar-refractivity contribution in [1.29, 1.82) is 0 Å². The fraction of sp³-hybridized carbons (Fsp3) is 0.200. The second-order valence-corrected chi connectivity index (χ2v) is 6.24. The van der Waals surface area contributed by atoms with Gasteiger partial charge in [-0.05, 0) is 36.2 Å². The van der Waals surface area contributed by atoms with Crippen molar-refractivity contribution in [2.45, 2.75) is 19.4 Å². The molecule has 3 rings (SSSR count). The maximum Gasteiger partial charge on any atom is 1.00 e. The quantitative estimate of drug-likeness (QED) is 0.435. The van der Waals surface area contributed by atoms with Crippen LogP contribution >= 0.6 is 0 Å². The molecule has 10 heteroatoms. The number of rotatable bonds is 7. The van der Waals surface area contributed by atoms with E-state index in [9.17, 15) is 14.7 Å². The molecule has 0 aliphatic heterocycles. The van der Waals surface area contributed by atoms with Gasteiger partial charge in [-0.25, -0.2) is 4.79 Å². The van der Waals surface area contributed by atoms with Crippen LogP contribution in [0.3, 0.4) is 0 Å². The zero-order chi connectivity index (χ0) is 20.8. The van der Waals surface area contributed by atoms with Gasteiger partial charge in [0.1, 0.15) is 5.75 Å². The van der Waals surface area contributed by atoms with Crippen molar-refractivity contribution in [3.63, 3.8) is 0 Å². The van der Waals surface area contributed by atoms with Gasteiger partial charge in [0.25, 0.3) is 0 Å². The number of amides is 2. The number of nitrogens with one attached hydrogen (secondary N) is 2. The van der Waals surface area contributed by atoms with E-state index in [4.69, 9.17) is 9.26 Å². The minimum absolute atomic E-state index is 0. The van der Waals surface area contributed by atoms with Crippen LogP contribution in [0.4, 0.5) is 10.5 Å². The maximum atomic E-state index is 12.3. The Morgan fingerprint density at radius 1 is 1.20 bits per heavy atom. The van der Waals surface area contributed by atoms with Gasteiger partial charge >= 0.3 is 57.4 Å². The third-order valence-corrected chi connectivity index (χ3v) is 4.07. The van der Waals surface area contributed by atoms with Crippen LogP contribution in [0.15, 0.2) is 53.1 Å². The van der Waals surface area contributed by atoms with Crippen molar-refractivity contribution < 1.29 is 75.3 Å². The monoisotopic (exact) mass is 434 g/mol. The predicted octanol–water partition coefficient (Wildman–Crippen LogP) is -1.46. The number of ether oxygens (including phenoxy) is 1. The fourth-order valence-corrected chi connectivity index (χ4v) is 2.71. The number of anilines is 1. The third-order valence-electron chi connectivity index (χ3n) is 4.07. The van der Waals surface area contributed by atoms with E-state index in [0.29, 0.717) is 34.3 Å². The molecule has 0 spiro atoms. The maximum absolute atomic E-state index is 12.3. The summed E-state index contributed by atoms with van der Waals surface area (Å²) in [5, 5.41) is 20.3. The molecule has 150 valence electrons. The normalized spacial score (nSPS) is 11.1. The van der Waals surface area contributed by atoms with Crippen molar-refractivity contribution in [1.82, 2.24) is 15.5 Å². The molecule has 0 saturated heterocycles. The van der Waals surface area contributed by atoms with Gasteiger partial charge in [-0.1, -0.05) is 29.4 Å². The number of hydrogen-bond donors (Lipinski definition) is 2. The van der Waals surface area contributed by atoms with E-state index in [2.05, 4.69) is 20.8 Å². The van der Waals surface area contributed by atoms with Gasteiger partial charge in [-0.15, -0.1) is 0 Å². The fourth-order valence-electron chi connectivity index (χ4n) is 2.71. The molecule has 3 aromatic rings. The first-order valence-corrected chi connectivity index (χ1v) is 8.76. The Balaban J connectivity index is 0.00000320. The number of carbonyl (C=O) groups is 2. The summed E-state index contributed by atoms with van der Waals surface area (Å²) in [6, 6.07) is 11.8. The van der Waals surface area contributed by atoms with E-state index in [1.165, 1.54) is 7.11 Å². The van der Waals surface area contributed by atoms with Crippen molar-refractivity contribution in [3.05, 3.63) is 60.0 Å². The zero-order valence-electron chi connectivity index (χ0n) is 16.8. The summed E-state index contributed by atoms with van der Waals surface area (Å²) in [5.41, 5.74) is 1.78. The second-order valence-electron chi connectivity index (χ2n) is 6.24. The minimum Gasteiger partial charge on any atom is -0.548 e. The van der Waals surface area contributed by atoms with Crippen LogP contribution in [0.2, 0.25) is 0 Å². The molecule has 0 fully saturated rings. The minimum atomic E-state index is -1.39. The molecule has 0 bridgehead atoms. The molecular weight excluding hydrogens is 415 g/mol. The Bertz CT molecular complexity index is 1020. The van der Waals surface area contributed by atoms with E-state index in [1.807, 2.05) is 0 Å². The Hall–Kier alpha value is -2.24. The van der Waals surface area contributed by atoms with Gasteiger partial charge in [0.2, 0.25) is 11.7 Å². The van der Waals surface area contributed by atoms with Gasteiger partial charge in [-0.2, -0.15) is 4.98 Å².